The number of anilines is 2. The van der Waals surface area contributed by atoms with E-state index in [4.69, 9.17) is 0 Å². The number of aliphatic hydroxyl groups excluding tert-OH is 2. The second-order valence-corrected chi connectivity index (χ2v) is 14.9. The van der Waals surface area contributed by atoms with Gasteiger partial charge >= 0.3 is 6.03 Å². The second-order valence-electron chi connectivity index (χ2n) is 12.0. The second kappa shape index (κ2) is 14.3. The van der Waals surface area contributed by atoms with Crippen LogP contribution in [0.1, 0.15) is 33.6 Å². The van der Waals surface area contributed by atoms with Crippen LogP contribution in [0.2, 0.25) is 0 Å². The number of aliphatic hydroxyl groups is 2. The maximum Gasteiger partial charge on any atom is 0.323 e. The molecular weight excluding hydrogens is 717 g/mol. The summed E-state index contributed by atoms with van der Waals surface area (Å²) < 4.78 is 65.7. The van der Waals surface area contributed by atoms with Crippen molar-refractivity contribution in [1.82, 2.24) is 0 Å². The quantitative estimate of drug-likeness (QED) is 0.232. The van der Waals surface area contributed by atoms with Crippen LogP contribution in [0, 0.1) is 11.8 Å². The van der Waals surface area contributed by atoms with E-state index >= 15 is 0 Å². The van der Waals surface area contributed by atoms with E-state index in [9.17, 15) is 50.5 Å². The minimum Gasteiger partial charge on any atom is -0.387 e. The molecule has 0 spiro atoms. The van der Waals surface area contributed by atoms with E-state index in [1.54, 1.807) is 12.2 Å². The molecule has 0 saturated carbocycles. The topological polar surface area (TPSA) is 249 Å². The summed E-state index contributed by atoms with van der Waals surface area (Å²) in [5, 5.41) is 26.6. The molecule has 0 aliphatic heterocycles. The lowest BCUT2D eigenvalue weighted by Crippen LogP contribution is -2.36. The fraction of sp³-hybridized carbons (Fsp3) is 0.171. The van der Waals surface area contributed by atoms with Gasteiger partial charge in [-0.1, -0.05) is 35.5 Å². The normalized spacial score (nSPS) is 24.2. The molecule has 2 aromatic carbocycles. The Kier molecular flexibility index (Phi) is 10.00. The lowest BCUT2D eigenvalue weighted by atomic mass is 9.80. The molecule has 52 heavy (non-hydrogen) atoms. The number of nitrogens with one attached hydrogen (secondary N) is 2. The molecule has 4 amide bonds. The summed E-state index contributed by atoms with van der Waals surface area (Å²) in [6.07, 6.45) is 9.19. The molecule has 0 radical (unpaired) electrons. The van der Waals surface area contributed by atoms with Crippen LogP contribution in [0.5, 0.6) is 0 Å². The van der Waals surface area contributed by atoms with E-state index in [0.29, 0.717) is 35.4 Å². The molecule has 4 unspecified atom stereocenters. The third kappa shape index (κ3) is 7.74. The Bertz CT molecular complexity index is 2170. The molecule has 268 valence electrons. The van der Waals surface area contributed by atoms with Gasteiger partial charge in [0.15, 0.2) is 0 Å². The molecule has 0 fully saturated rings. The number of hydrogen-bond donors (Lipinski definition) is 6. The minimum atomic E-state index is -4.67. The number of rotatable bonds is 6. The van der Waals surface area contributed by atoms with E-state index < -0.39 is 71.9 Å². The lowest BCUT2D eigenvalue weighted by Gasteiger charge is -2.31. The molecular formula is C35H30N4O11S2. The van der Waals surface area contributed by atoms with Gasteiger partial charge in [0.05, 0.1) is 23.3 Å². The average molecular weight is 747 g/mol. The number of allylic oxidation sites excluding steroid dienone is 8. The van der Waals surface area contributed by atoms with Crippen molar-refractivity contribution in [2.45, 2.75) is 25.0 Å². The summed E-state index contributed by atoms with van der Waals surface area (Å²) in [5.41, 5.74) is 2.43. The van der Waals surface area contributed by atoms with Crippen LogP contribution in [-0.4, -0.2) is 77.6 Å². The third-order valence-electron chi connectivity index (χ3n) is 8.69. The highest BCUT2D eigenvalue weighted by atomic mass is 32.2. The standard InChI is InChI=1S/C35H30N4O11S2/c40-31-27(51(45,46)47)17-11-19-3-1-5-25(29(19)31)38-33(42)21-7-13-23(14-8-21)36-35(44)37-24-15-9-22(10-16-24)34(43)39-26-6-2-4-20-12-18-28(52(48,49)50)32(41)30(20)26/h1-2,5-18,29-32,40-41H,3-4H2,(H2,36,37,44)(H,45,46,47)(H,48,49,50). The number of fused-ring (bicyclic) bond motifs is 2. The van der Waals surface area contributed by atoms with Crippen LogP contribution >= 0.6 is 0 Å². The number of carbonyl (C=O) groups is 3. The molecule has 4 aliphatic rings. The predicted molar refractivity (Wildman–Crippen MR) is 191 cm³/mol. The van der Waals surface area contributed by atoms with Gasteiger partial charge in [0.1, 0.15) is 22.0 Å². The lowest BCUT2D eigenvalue weighted by molar-refractivity contribution is 0.0993. The van der Waals surface area contributed by atoms with Gasteiger partial charge in [-0.25, -0.2) is 14.8 Å². The van der Waals surface area contributed by atoms with Gasteiger partial charge in [-0.2, -0.15) is 16.8 Å². The minimum absolute atomic E-state index is 0.123. The van der Waals surface area contributed by atoms with Crippen molar-refractivity contribution in [3.05, 3.63) is 129 Å². The zero-order valence-electron chi connectivity index (χ0n) is 26.8. The monoisotopic (exact) mass is 746 g/mol. The fourth-order valence-corrected chi connectivity index (χ4v) is 7.55. The van der Waals surface area contributed by atoms with E-state index in [-0.39, 0.29) is 22.6 Å². The van der Waals surface area contributed by atoms with Crippen LogP contribution < -0.4 is 10.6 Å². The molecule has 0 aromatic heterocycles. The number of benzene rings is 2. The first-order valence-electron chi connectivity index (χ1n) is 15.6. The first-order valence-corrected chi connectivity index (χ1v) is 18.5. The first kappa shape index (κ1) is 36.4. The summed E-state index contributed by atoms with van der Waals surface area (Å²) in [7, 11) is -9.34. The first-order chi connectivity index (χ1) is 24.6. The summed E-state index contributed by atoms with van der Waals surface area (Å²) in [5.74, 6) is -3.24. The summed E-state index contributed by atoms with van der Waals surface area (Å²) in [4.78, 5) is 45.6. The molecule has 4 atom stereocenters. The van der Waals surface area contributed by atoms with Crippen molar-refractivity contribution in [2.24, 2.45) is 21.8 Å². The van der Waals surface area contributed by atoms with Crippen molar-refractivity contribution in [3.8, 4) is 0 Å². The Labute approximate surface area is 297 Å². The molecule has 6 rings (SSSR count). The maximum absolute atomic E-state index is 13.0. The van der Waals surface area contributed by atoms with Crippen molar-refractivity contribution >= 4 is 60.9 Å². The molecule has 17 heteroatoms. The van der Waals surface area contributed by atoms with E-state index in [1.807, 2.05) is 0 Å². The van der Waals surface area contributed by atoms with Crippen LogP contribution in [-0.2, 0) is 20.2 Å². The number of aliphatic imine (C=N–C) groups is 2. The summed E-state index contributed by atoms with van der Waals surface area (Å²) >= 11 is 0. The number of hydrogen-bond acceptors (Lipinski definition) is 9. The number of carbonyl (C=O) groups excluding carboxylic acids is 3. The highest BCUT2D eigenvalue weighted by Crippen LogP contribution is 2.36. The SMILES string of the molecule is O=C(Nc1ccc(C(=O)N=C2C=CCC3=CC=C(S(=O)(=O)O)C(O)C32)cc1)Nc1ccc(C(=O)N=C2C=CCC3=CC=C(S(=O)(=O)O)C(O)C32)cc1. The Morgan fingerprint density at radius 2 is 0.962 bits per heavy atom. The molecule has 0 heterocycles. The third-order valence-corrected chi connectivity index (χ3v) is 10.6. The predicted octanol–water partition coefficient (Wildman–Crippen LogP) is 3.79. The Morgan fingerprint density at radius 1 is 0.596 bits per heavy atom. The molecule has 2 aromatic rings. The smallest absolute Gasteiger partial charge is 0.323 e. The Morgan fingerprint density at radius 3 is 1.31 bits per heavy atom. The highest BCUT2D eigenvalue weighted by Gasteiger charge is 2.39. The largest absolute Gasteiger partial charge is 0.387 e. The van der Waals surface area contributed by atoms with Gasteiger partial charge in [-0.15, -0.1) is 0 Å². The van der Waals surface area contributed by atoms with E-state index in [2.05, 4.69) is 20.6 Å². The van der Waals surface area contributed by atoms with E-state index in [0.717, 1.165) is 12.2 Å². The van der Waals surface area contributed by atoms with Gasteiger partial charge in [0.2, 0.25) is 0 Å². The van der Waals surface area contributed by atoms with Gasteiger partial charge in [-0.3, -0.25) is 18.7 Å². The Hall–Kier alpha value is -5.43. The number of urea groups is 1. The summed E-state index contributed by atoms with van der Waals surface area (Å²) in [6, 6.07) is 10.9. The summed E-state index contributed by atoms with van der Waals surface area (Å²) in [6.45, 7) is 0. The van der Waals surface area contributed by atoms with Crippen molar-refractivity contribution < 1.29 is 50.5 Å². The fourth-order valence-electron chi connectivity index (χ4n) is 6.19. The van der Waals surface area contributed by atoms with Crippen LogP contribution in [0.15, 0.2) is 128 Å². The van der Waals surface area contributed by atoms with Gasteiger partial charge < -0.3 is 20.8 Å². The molecule has 0 saturated heterocycles. The zero-order chi connectivity index (χ0) is 37.4. The Balaban J connectivity index is 1.07. The van der Waals surface area contributed by atoms with Gasteiger partial charge in [0.25, 0.3) is 32.1 Å². The van der Waals surface area contributed by atoms with Gasteiger partial charge in [-0.05, 0) is 85.7 Å². The number of amides is 4. The van der Waals surface area contributed by atoms with E-state index in [1.165, 1.54) is 72.8 Å². The molecule has 6 N–H and O–H groups in total. The number of nitrogens with zero attached hydrogens (tertiary/aromatic N) is 2. The van der Waals surface area contributed by atoms with Crippen LogP contribution in [0.4, 0.5) is 16.2 Å². The van der Waals surface area contributed by atoms with Crippen LogP contribution in [0.25, 0.3) is 0 Å². The highest BCUT2D eigenvalue weighted by molar-refractivity contribution is 7.90. The zero-order valence-corrected chi connectivity index (χ0v) is 28.5. The average Bonchev–Trinajstić information content (AvgIpc) is 3.08. The van der Waals surface area contributed by atoms with Crippen molar-refractivity contribution in [1.29, 1.82) is 0 Å². The maximum atomic E-state index is 13.0. The van der Waals surface area contributed by atoms with Gasteiger partial charge in [0, 0.05) is 22.5 Å². The van der Waals surface area contributed by atoms with Crippen molar-refractivity contribution in [2.75, 3.05) is 10.6 Å². The van der Waals surface area contributed by atoms with Crippen molar-refractivity contribution in [3.63, 3.8) is 0 Å². The van der Waals surface area contributed by atoms with Crippen LogP contribution in [0.3, 0.4) is 0 Å². The molecule has 4 aliphatic carbocycles. The molecule has 0 bridgehead atoms. The molecule has 15 nitrogen and oxygen atoms in total.